The van der Waals surface area contributed by atoms with Gasteiger partial charge in [-0.25, -0.2) is 0 Å². The first-order valence-electron chi connectivity index (χ1n) is 5.05. The molecule has 0 rings (SSSR count). The molecule has 88 valence electrons. The van der Waals surface area contributed by atoms with E-state index in [1.165, 1.54) is 0 Å². The summed E-state index contributed by atoms with van der Waals surface area (Å²) in [6.45, 7) is 5.61. The highest BCUT2D eigenvalue weighted by molar-refractivity contribution is 5.76. The molecular weight excluding hydrogens is 196 g/mol. The zero-order valence-electron chi connectivity index (χ0n) is 9.31. The molecule has 0 heterocycles. The van der Waals surface area contributed by atoms with E-state index >= 15 is 0 Å². The van der Waals surface area contributed by atoms with Crippen molar-refractivity contribution in [2.75, 3.05) is 19.6 Å². The van der Waals surface area contributed by atoms with E-state index in [1.807, 2.05) is 18.7 Å². The van der Waals surface area contributed by atoms with Crippen molar-refractivity contribution in [1.82, 2.24) is 4.90 Å². The summed E-state index contributed by atoms with van der Waals surface area (Å²) < 4.78 is 0. The van der Waals surface area contributed by atoms with Crippen LogP contribution in [0.1, 0.15) is 20.3 Å². The summed E-state index contributed by atoms with van der Waals surface area (Å²) in [7, 11) is 0. The zero-order chi connectivity index (χ0) is 11.8. The molecule has 0 aromatic rings. The van der Waals surface area contributed by atoms with Crippen molar-refractivity contribution in [3.05, 3.63) is 0 Å². The van der Waals surface area contributed by atoms with Gasteiger partial charge in [0.15, 0.2) is 5.96 Å². The average molecular weight is 216 g/mol. The van der Waals surface area contributed by atoms with Crippen molar-refractivity contribution in [2.24, 2.45) is 16.5 Å². The molecule has 0 amide bonds. The third-order valence-electron chi connectivity index (χ3n) is 2.24. The van der Waals surface area contributed by atoms with Gasteiger partial charge in [0, 0.05) is 6.54 Å². The van der Waals surface area contributed by atoms with Crippen LogP contribution in [0.2, 0.25) is 0 Å². The molecule has 0 bridgehead atoms. The highest BCUT2D eigenvalue weighted by atomic mass is 16.4. The number of carboxylic acids is 1. The summed E-state index contributed by atoms with van der Waals surface area (Å²) in [6, 6.07) is -0.511. The number of aliphatic carboxylic acids is 1. The minimum absolute atomic E-state index is 0.00122. The second kappa shape index (κ2) is 7.05. The Morgan fingerprint density at radius 1 is 1.40 bits per heavy atom. The van der Waals surface area contributed by atoms with Gasteiger partial charge in [0.1, 0.15) is 6.04 Å². The molecule has 0 aliphatic rings. The van der Waals surface area contributed by atoms with Crippen LogP contribution in [0.15, 0.2) is 4.99 Å². The van der Waals surface area contributed by atoms with Crippen LogP contribution in [0.4, 0.5) is 0 Å². The summed E-state index contributed by atoms with van der Waals surface area (Å²) in [5.41, 5.74) is 10.3. The highest BCUT2D eigenvalue weighted by Crippen LogP contribution is 2.04. The lowest BCUT2D eigenvalue weighted by Gasteiger charge is -2.25. The molecule has 0 radical (unpaired) electrons. The summed E-state index contributed by atoms with van der Waals surface area (Å²) in [5.74, 6) is -0.830. The Kier molecular flexibility index (Phi) is 6.44. The topological polar surface area (TPSA) is 105 Å². The van der Waals surface area contributed by atoms with Crippen LogP contribution in [0.3, 0.4) is 0 Å². The van der Waals surface area contributed by atoms with Crippen LogP contribution in [0.25, 0.3) is 0 Å². The van der Waals surface area contributed by atoms with Crippen LogP contribution in [-0.4, -0.2) is 47.6 Å². The maximum atomic E-state index is 11.0. The molecule has 0 saturated carbocycles. The Labute approximate surface area is 89.9 Å². The van der Waals surface area contributed by atoms with E-state index in [-0.39, 0.29) is 5.96 Å². The van der Waals surface area contributed by atoms with Crippen LogP contribution >= 0.6 is 0 Å². The molecule has 0 unspecified atom stereocenters. The zero-order valence-corrected chi connectivity index (χ0v) is 9.31. The van der Waals surface area contributed by atoms with E-state index in [4.69, 9.17) is 16.6 Å². The Hall–Kier alpha value is -1.30. The summed E-state index contributed by atoms with van der Waals surface area (Å²) in [6.07, 6.45) is 0.426. The molecule has 0 aliphatic carbocycles. The van der Waals surface area contributed by atoms with Crippen molar-refractivity contribution >= 4 is 11.9 Å². The number of aliphatic imine (C=N–C) groups is 1. The number of carbonyl (C=O) groups is 1. The largest absolute Gasteiger partial charge is 0.480 e. The third-order valence-corrected chi connectivity index (χ3v) is 2.24. The first-order valence-corrected chi connectivity index (χ1v) is 5.05. The lowest BCUT2D eigenvalue weighted by Crippen LogP contribution is -2.41. The van der Waals surface area contributed by atoms with Gasteiger partial charge < -0.3 is 16.6 Å². The fraction of sp³-hybridized carbons (Fsp3) is 0.778. The smallest absolute Gasteiger partial charge is 0.320 e. The van der Waals surface area contributed by atoms with E-state index in [9.17, 15) is 4.79 Å². The van der Waals surface area contributed by atoms with Crippen molar-refractivity contribution in [3.63, 3.8) is 0 Å². The Morgan fingerprint density at radius 2 is 1.93 bits per heavy atom. The molecule has 0 saturated heterocycles. The number of guanidine groups is 1. The predicted molar refractivity (Wildman–Crippen MR) is 59.6 cm³/mol. The normalized spacial score (nSPS) is 12.5. The van der Waals surface area contributed by atoms with E-state index in [2.05, 4.69) is 4.99 Å². The minimum atomic E-state index is -0.829. The van der Waals surface area contributed by atoms with Crippen molar-refractivity contribution in [1.29, 1.82) is 0 Å². The third kappa shape index (κ3) is 5.21. The fourth-order valence-corrected chi connectivity index (χ4v) is 1.44. The lowest BCUT2D eigenvalue weighted by molar-refractivity contribution is -0.143. The number of hydrogen-bond acceptors (Lipinski definition) is 3. The fourth-order valence-electron chi connectivity index (χ4n) is 1.44. The highest BCUT2D eigenvalue weighted by Gasteiger charge is 2.22. The Bertz CT molecular complexity index is 222. The van der Waals surface area contributed by atoms with Gasteiger partial charge >= 0.3 is 5.97 Å². The quantitative estimate of drug-likeness (QED) is 0.391. The maximum Gasteiger partial charge on any atom is 0.320 e. The first-order chi connectivity index (χ1) is 7.02. The molecule has 0 aromatic heterocycles. The minimum Gasteiger partial charge on any atom is -0.480 e. The summed E-state index contributed by atoms with van der Waals surface area (Å²) in [4.78, 5) is 16.6. The molecule has 1 atom stereocenters. The second-order valence-electron chi connectivity index (χ2n) is 3.17. The van der Waals surface area contributed by atoms with E-state index < -0.39 is 12.0 Å². The molecule has 6 nitrogen and oxygen atoms in total. The number of hydrogen-bond donors (Lipinski definition) is 3. The molecule has 0 fully saturated rings. The van der Waals surface area contributed by atoms with Gasteiger partial charge in [-0.2, -0.15) is 0 Å². The Morgan fingerprint density at radius 3 is 2.27 bits per heavy atom. The molecule has 6 heteroatoms. The monoisotopic (exact) mass is 216 g/mol. The van der Waals surface area contributed by atoms with Gasteiger partial charge in [0.05, 0.1) is 0 Å². The van der Waals surface area contributed by atoms with Crippen LogP contribution in [-0.2, 0) is 4.79 Å². The van der Waals surface area contributed by atoms with E-state index in [1.54, 1.807) is 0 Å². The van der Waals surface area contributed by atoms with Crippen LogP contribution in [0, 0.1) is 0 Å². The van der Waals surface area contributed by atoms with Crippen molar-refractivity contribution < 1.29 is 9.90 Å². The van der Waals surface area contributed by atoms with Gasteiger partial charge in [0.2, 0.25) is 0 Å². The number of rotatable bonds is 7. The van der Waals surface area contributed by atoms with Gasteiger partial charge in [-0.3, -0.25) is 14.7 Å². The first kappa shape index (κ1) is 13.7. The summed E-state index contributed by atoms with van der Waals surface area (Å²) >= 11 is 0. The standard InChI is InChI=1S/C9H20N4O2/c1-3-13(4-2)7(8(14)15)5-6-12-9(10)11/h7H,3-6H2,1-2H3,(H,14,15)(H4,10,11,12)/t7-/m0/s1. The molecule has 0 spiro atoms. The molecule has 5 N–H and O–H groups in total. The predicted octanol–water partition coefficient (Wildman–Crippen LogP) is -0.555. The van der Waals surface area contributed by atoms with Crippen molar-refractivity contribution in [2.45, 2.75) is 26.3 Å². The SMILES string of the molecule is CCN(CC)[C@@H](CCN=C(N)N)C(=O)O. The maximum absolute atomic E-state index is 11.0. The number of nitrogens with zero attached hydrogens (tertiary/aromatic N) is 2. The van der Waals surface area contributed by atoms with E-state index in [0.717, 1.165) is 0 Å². The molecular formula is C9H20N4O2. The Balaban J connectivity index is 4.27. The molecule has 15 heavy (non-hydrogen) atoms. The average Bonchev–Trinajstić information content (AvgIpc) is 2.16. The lowest BCUT2D eigenvalue weighted by atomic mass is 10.1. The van der Waals surface area contributed by atoms with Crippen LogP contribution < -0.4 is 11.5 Å². The van der Waals surface area contributed by atoms with Gasteiger partial charge in [-0.05, 0) is 19.5 Å². The van der Waals surface area contributed by atoms with Gasteiger partial charge in [0.25, 0.3) is 0 Å². The number of likely N-dealkylation sites (N-methyl/N-ethyl adjacent to an activating group) is 1. The van der Waals surface area contributed by atoms with Gasteiger partial charge in [-0.1, -0.05) is 13.8 Å². The second-order valence-corrected chi connectivity index (χ2v) is 3.17. The van der Waals surface area contributed by atoms with Gasteiger partial charge in [-0.15, -0.1) is 0 Å². The van der Waals surface area contributed by atoms with Crippen LogP contribution in [0.5, 0.6) is 0 Å². The van der Waals surface area contributed by atoms with E-state index in [0.29, 0.717) is 26.1 Å². The van der Waals surface area contributed by atoms with Crippen molar-refractivity contribution in [3.8, 4) is 0 Å². The molecule has 0 aromatic carbocycles. The summed E-state index contributed by atoms with van der Waals surface area (Å²) in [5, 5.41) is 9.02. The number of nitrogens with two attached hydrogens (primary N) is 2. The number of carboxylic acid groups (broad SMARTS) is 1. The molecule has 0 aliphatic heterocycles.